The highest BCUT2D eigenvalue weighted by Gasteiger charge is 2.12. The van der Waals surface area contributed by atoms with Crippen LogP contribution in [0.1, 0.15) is 50.8 Å². The fourth-order valence-corrected chi connectivity index (χ4v) is 2.45. The van der Waals surface area contributed by atoms with Crippen molar-refractivity contribution in [2.45, 2.75) is 51.2 Å². The summed E-state index contributed by atoms with van der Waals surface area (Å²) < 4.78 is 5.82. The summed E-state index contributed by atoms with van der Waals surface area (Å²) in [5, 5.41) is 3.57. The number of ether oxygens (including phenoxy) is 1. The molecular weight excluding hydrogens is 248 g/mol. The second-order valence-corrected chi connectivity index (χ2v) is 4.93. The van der Waals surface area contributed by atoms with Gasteiger partial charge in [0.2, 0.25) is 0 Å². The van der Waals surface area contributed by atoms with E-state index in [-0.39, 0.29) is 18.5 Å². The summed E-state index contributed by atoms with van der Waals surface area (Å²) in [4.78, 5) is 3.19. The van der Waals surface area contributed by atoms with Gasteiger partial charge in [0.25, 0.3) is 0 Å². The third kappa shape index (κ3) is 5.01. The predicted molar refractivity (Wildman–Crippen MR) is 77.3 cm³/mol. The molecule has 1 aromatic heterocycles. The van der Waals surface area contributed by atoms with Crippen LogP contribution in [0, 0.1) is 0 Å². The van der Waals surface area contributed by atoms with Gasteiger partial charge in [-0.15, -0.1) is 12.4 Å². The first-order valence-corrected chi connectivity index (χ1v) is 6.84. The van der Waals surface area contributed by atoms with E-state index in [1.807, 2.05) is 12.3 Å². The first-order valence-electron chi connectivity index (χ1n) is 6.84. The maximum absolute atomic E-state index is 5.82. The molecule has 1 aromatic rings. The van der Waals surface area contributed by atoms with Crippen LogP contribution in [-0.2, 0) is 4.74 Å². The maximum atomic E-state index is 5.82. The number of piperidine rings is 1. The van der Waals surface area contributed by atoms with E-state index in [2.05, 4.69) is 23.3 Å². The average Bonchev–Trinajstić information content (AvgIpc) is 2.89. The summed E-state index contributed by atoms with van der Waals surface area (Å²) in [6.45, 7) is 4.16. The van der Waals surface area contributed by atoms with Gasteiger partial charge in [0.15, 0.2) is 0 Å². The van der Waals surface area contributed by atoms with Gasteiger partial charge in [-0.3, -0.25) is 0 Å². The molecule has 2 N–H and O–H groups in total. The molecule has 0 spiro atoms. The summed E-state index contributed by atoms with van der Waals surface area (Å²) >= 11 is 0. The molecule has 3 nitrogen and oxygen atoms in total. The molecule has 2 rings (SSSR count). The Morgan fingerprint density at radius 3 is 3.00 bits per heavy atom. The number of aromatic nitrogens is 1. The Labute approximate surface area is 116 Å². The minimum Gasteiger partial charge on any atom is -0.372 e. The third-order valence-electron chi connectivity index (χ3n) is 3.54. The van der Waals surface area contributed by atoms with Crippen LogP contribution in [0.5, 0.6) is 0 Å². The number of halogens is 1. The van der Waals surface area contributed by atoms with Crippen molar-refractivity contribution in [3.8, 4) is 0 Å². The van der Waals surface area contributed by atoms with E-state index in [0.29, 0.717) is 0 Å². The lowest BCUT2D eigenvalue weighted by Gasteiger charge is -2.23. The molecule has 4 heteroatoms. The number of H-pyrrole nitrogens is 1. The molecule has 2 unspecified atom stereocenters. The van der Waals surface area contributed by atoms with E-state index in [4.69, 9.17) is 4.74 Å². The number of hydrogen-bond acceptors (Lipinski definition) is 2. The summed E-state index contributed by atoms with van der Waals surface area (Å²) in [6, 6.07) is 4.82. The summed E-state index contributed by atoms with van der Waals surface area (Å²) in [7, 11) is 0. The molecule has 2 atom stereocenters. The van der Waals surface area contributed by atoms with Crippen molar-refractivity contribution in [2.24, 2.45) is 0 Å². The summed E-state index contributed by atoms with van der Waals surface area (Å²) in [5.41, 5.74) is 1.17. The van der Waals surface area contributed by atoms with Crippen LogP contribution in [0.15, 0.2) is 18.3 Å². The maximum Gasteiger partial charge on any atom is 0.0944 e. The Morgan fingerprint density at radius 2 is 2.33 bits per heavy atom. The van der Waals surface area contributed by atoms with Gasteiger partial charge in [-0.1, -0.05) is 6.42 Å². The molecule has 0 aromatic carbocycles. The Morgan fingerprint density at radius 1 is 1.44 bits per heavy atom. The minimum atomic E-state index is 0. The van der Waals surface area contributed by atoms with Gasteiger partial charge < -0.3 is 15.0 Å². The predicted octanol–water partition coefficient (Wildman–Crippen LogP) is 3.44. The van der Waals surface area contributed by atoms with Crippen molar-refractivity contribution in [3.05, 3.63) is 24.0 Å². The molecule has 0 radical (unpaired) electrons. The van der Waals surface area contributed by atoms with E-state index >= 15 is 0 Å². The Bertz CT molecular complexity index is 297. The highest BCUT2D eigenvalue weighted by molar-refractivity contribution is 5.85. The highest BCUT2D eigenvalue weighted by Crippen LogP contribution is 2.16. The van der Waals surface area contributed by atoms with Gasteiger partial charge in [-0.25, -0.2) is 0 Å². The lowest BCUT2D eigenvalue weighted by molar-refractivity contribution is 0.0587. The first kappa shape index (κ1) is 15.5. The first-order chi connectivity index (χ1) is 8.36. The molecular formula is C14H25ClN2O. The number of rotatable bonds is 6. The molecule has 1 fully saturated rings. The summed E-state index contributed by atoms with van der Waals surface area (Å²) in [6.07, 6.45) is 8.60. The second-order valence-electron chi connectivity index (χ2n) is 4.93. The standard InChI is InChI=1S/C14H24N2O.ClH/c1-12(14-8-4-10-16-14)17-11-5-7-13-6-2-3-9-15-13;/h4,8,10,12-13,15-16H,2-3,5-7,9,11H2,1H3;1H. The fraction of sp³-hybridized carbons (Fsp3) is 0.714. The lowest BCUT2D eigenvalue weighted by Crippen LogP contribution is -2.34. The zero-order valence-electron chi connectivity index (χ0n) is 11.2. The van der Waals surface area contributed by atoms with Gasteiger partial charge in [0, 0.05) is 24.5 Å². The van der Waals surface area contributed by atoms with Crippen molar-refractivity contribution >= 4 is 12.4 Å². The van der Waals surface area contributed by atoms with E-state index in [1.54, 1.807) is 0 Å². The number of hydrogen-bond donors (Lipinski definition) is 2. The molecule has 0 amide bonds. The van der Waals surface area contributed by atoms with E-state index in [0.717, 1.165) is 19.1 Å². The van der Waals surface area contributed by atoms with E-state index in [1.165, 1.54) is 37.9 Å². The van der Waals surface area contributed by atoms with Gasteiger partial charge in [-0.05, 0) is 51.3 Å². The molecule has 18 heavy (non-hydrogen) atoms. The normalized spacial score (nSPS) is 21.3. The van der Waals surface area contributed by atoms with Crippen molar-refractivity contribution in [1.29, 1.82) is 0 Å². The molecule has 1 aliphatic rings. The Balaban J connectivity index is 0.00000162. The number of aromatic amines is 1. The zero-order valence-corrected chi connectivity index (χ0v) is 12.0. The highest BCUT2D eigenvalue weighted by atomic mass is 35.5. The molecule has 104 valence electrons. The van der Waals surface area contributed by atoms with Gasteiger partial charge in [-0.2, -0.15) is 0 Å². The lowest BCUT2D eigenvalue weighted by atomic mass is 10.0. The molecule has 1 saturated heterocycles. The van der Waals surface area contributed by atoms with E-state index < -0.39 is 0 Å². The van der Waals surface area contributed by atoms with Gasteiger partial charge >= 0.3 is 0 Å². The van der Waals surface area contributed by atoms with Crippen LogP contribution in [0.3, 0.4) is 0 Å². The Hall–Kier alpha value is -0.510. The molecule has 0 saturated carbocycles. The van der Waals surface area contributed by atoms with Crippen molar-refractivity contribution in [2.75, 3.05) is 13.2 Å². The minimum absolute atomic E-state index is 0. The van der Waals surface area contributed by atoms with Crippen LogP contribution in [-0.4, -0.2) is 24.2 Å². The van der Waals surface area contributed by atoms with Crippen LogP contribution in [0.25, 0.3) is 0 Å². The number of nitrogens with one attached hydrogen (secondary N) is 2. The third-order valence-corrected chi connectivity index (χ3v) is 3.54. The molecule has 2 heterocycles. The average molecular weight is 273 g/mol. The molecule has 0 aliphatic carbocycles. The van der Waals surface area contributed by atoms with Crippen LogP contribution < -0.4 is 5.32 Å². The van der Waals surface area contributed by atoms with Gasteiger partial charge in [0.1, 0.15) is 0 Å². The van der Waals surface area contributed by atoms with E-state index in [9.17, 15) is 0 Å². The monoisotopic (exact) mass is 272 g/mol. The van der Waals surface area contributed by atoms with Gasteiger partial charge in [0.05, 0.1) is 6.10 Å². The Kier molecular flexibility index (Phi) is 7.40. The fourth-order valence-electron chi connectivity index (χ4n) is 2.45. The zero-order chi connectivity index (χ0) is 11.9. The smallest absolute Gasteiger partial charge is 0.0944 e. The van der Waals surface area contributed by atoms with Crippen LogP contribution in [0.2, 0.25) is 0 Å². The topological polar surface area (TPSA) is 37.0 Å². The van der Waals surface area contributed by atoms with Crippen molar-refractivity contribution in [3.63, 3.8) is 0 Å². The largest absolute Gasteiger partial charge is 0.372 e. The summed E-state index contributed by atoms with van der Waals surface area (Å²) in [5.74, 6) is 0. The molecule has 0 bridgehead atoms. The van der Waals surface area contributed by atoms with Crippen molar-refractivity contribution < 1.29 is 4.74 Å². The van der Waals surface area contributed by atoms with Crippen LogP contribution >= 0.6 is 12.4 Å². The second kappa shape index (κ2) is 8.57. The molecule has 1 aliphatic heterocycles. The SMILES string of the molecule is CC(OCCCC1CCCCN1)c1ccc[nH]1.Cl. The van der Waals surface area contributed by atoms with Crippen molar-refractivity contribution in [1.82, 2.24) is 10.3 Å². The quantitative estimate of drug-likeness (QED) is 0.779. The van der Waals surface area contributed by atoms with Crippen LogP contribution in [0.4, 0.5) is 0 Å².